The highest BCUT2D eigenvalue weighted by molar-refractivity contribution is 5.85. The van der Waals surface area contributed by atoms with Crippen molar-refractivity contribution in [1.82, 2.24) is 10.2 Å². The van der Waals surface area contributed by atoms with Gasteiger partial charge in [-0.25, -0.2) is 0 Å². The van der Waals surface area contributed by atoms with Crippen LogP contribution in [-0.2, 0) is 17.9 Å². The molecule has 1 aromatic carbocycles. The fourth-order valence-electron chi connectivity index (χ4n) is 4.25. The molecule has 1 amide bonds. The first-order valence-corrected chi connectivity index (χ1v) is 9.93. The van der Waals surface area contributed by atoms with E-state index >= 15 is 0 Å². The van der Waals surface area contributed by atoms with Gasteiger partial charge in [-0.1, -0.05) is 37.6 Å². The summed E-state index contributed by atoms with van der Waals surface area (Å²) in [5.41, 5.74) is 8.52. The maximum absolute atomic E-state index is 12.3. The van der Waals surface area contributed by atoms with Crippen molar-refractivity contribution in [2.45, 2.75) is 64.6 Å². The lowest BCUT2D eigenvalue weighted by atomic mass is 9.85. The number of hydrogen-bond donors (Lipinski definition) is 2. The molecule has 2 fully saturated rings. The van der Waals surface area contributed by atoms with Gasteiger partial charge in [-0.2, -0.15) is 0 Å². The van der Waals surface area contributed by atoms with E-state index in [1.807, 2.05) is 0 Å². The van der Waals surface area contributed by atoms with Crippen LogP contribution in [0.1, 0.15) is 56.6 Å². The molecular weight excluding hydrogens is 381 g/mol. The summed E-state index contributed by atoms with van der Waals surface area (Å²) in [6.07, 6.45) is 6.62. The summed E-state index contributed by atoms with van der Waals surface area (Å²) >= 11 is 0. The Morgan fingerprint density at radius 2 is 1.81 bits per heavy atom. The highest BCUT2D eigenvalue weighted by atomic mass is 35.5. The van der Waals surface area contributed by atoms with Crippen LogP contribution in [0.5, 0.6) is 0 Å². The molecule has 0 spiro atoms. The molecule has 1 aliphatic heterocycles. The average Bonchev–Trinajstić information content (AvgIpc) is 2.61. The Morgan fingerprint density at radius 3 is 2.48 bits per heavy atom. The predicted molar refractivity (Wildman–Crippen MR) is 116 cm³/mol. The van der Waals surface area contributed by atoms with Gasteiger partial charge >= 0.3 is 0 Å². The molecule has 0 aromatic heterocycles. The summed E-state index contributed by atoms with van der Waals surface area (Å²) in [7, 11) is 0. The number of halogens is 2. The smallest absolute Gasteiger partial charge is 0.223 e. The fraction of sp³-hybridized carbons (Fsp3) is 0.667. The Hall–Kier alpha value is -0.810. The Bertz CT molecular complexity index is 567. The fourth-order valence-corrected chi connectivity index (χ4v) is 4.25. The van der Waals surface area contributed by atoms with Gasteiger partial charge in [0.05, 0.1) is 0 Å². The summed E-state index contributed by atoms with van der Waals surface area (Å²) in [6.45, 7) is 6.42. The van der Waals surface area contributed by atoms with E-state index in [0.717, 1.165) is 38.1 Å². The molecule has 4 nitrogen and oxygen atoms in total. The van der Waals surface area contributed by atoms with Crippen LogP contribution >= 0.6 is 24.8 Å². The molecule has 27 heavy (non-hydrogen) atoms. The van der Waals surface area contributed by atoms with Crippen LogP contribution in [0.4, 0.5) is 0 Å². The highest BCUT2D eigenvalue weighted by Gasteiger charge is 2.25. The van der Waals surface area contributed by atoms with Crippen molar-refractivity contribution in [2.75, 3.05) is 13.1 Å². The number of nitrogens with zero attached hydrogens (tertiary/aromatic N) is 1. The number of carbonyl (C=O) groups excluding carboxylic acids is 1. The Morgan fingerprint density at radius 1 is 1.11 bits per heavy atom. The van der Waals surface area contributed by atoms with E-state index < -0.39 is 0 Å². The zero-order valence-corrected chi connectivity index (χ0v) is 18.0. The highest BCUT2D eigenvalue weighted by Crippen LogP contribution is 2.23. The molecule has 1 aliphatic carbocycles. The zero-order chi connectivity index (χ0) is 17.6. The predicted octanol–water partition coefficient (Wildman–Crippen LogP) is 3.90. The van der Waals surface area contributed by atoms with Gasteiger partial charge in [0.25, 0.3) is 0 Å². The van der Waals surface area contributed by atoms with Gasteiger partial charge < -0.3 is 11.1 Å². The van der Waals surface area contributed by atoms with Gasteiger partial charge in [0.15, 0.2) is 0 Å². The molecular formula is C21H35Cl2N3O. The second-order valence-electron chi connectivity index (χ2n) is 8.14. The molecule has 0 bridgehead atoms. The van der Waals surface area contributed by atoms with Crippen LogP contribution in [0, 0.1) is 11.8 Å². The SMILES string of the molecule is CC1CCCN(Cc2ccc(CNC(=O)C3CCCC(N)C3)cc2)C1.Cl.Cl. The van der Waals surface area contributed by atoms with Crippen molar-refractivity contribution >= 4 is 30.7 Å². The lowest BCUT2D eigenvalue weighted by Gasteiger charge is -2.30. The van der Waals surface area contributed by atoms with Gasteiger partial charge in [-0.15, -0.1) is 24.8 Å². The van der Waals surface area contributed by atoms with Crippen molar-refractivity contribution < 1.29 is 4.79 Å². The normalized spacial score (nSPS) is 25.8. The molecule has 1 heterocycles. The van der Waals surface area contributed by atoms with Crippen molar-refractivity contribution in [3.63, 3.8) is 0 Å². The molecule has 0 radical (unpaired) electrons. The lowest BCUT2D eigenvalue weighted by molar-refractivity contribution is -0.126. The number of benzene rings is 1. The maximum atomic E-state index is 12.3. The van der Waals surface area contributed by atoms with Crippen molar-refractivity contribution in [3.05, 3.63) is 35.4 Å². The van der Waals surface area contributed by atoms with E-state index in [-0.39, 0.29) is 42.7 Å². The third-order valence-electron chi connectivity index (χ3n) is 5.72. The summed E-state index contributed by atoms with van der Waals surface area (Å²) in [6, 6.07) is 8.90. The molecule has 1 saturated carbocycles. The second kappa shape index (κ2) is 11.9. The number of hydrogen-bond acceptors (Lipinski definition) is 3. The minimum absolute atomic E-state index is 0. The maximum Gasteiger partial charge on any atom is 0.223 e. The summed E-state index contributed by atoms with van der Waals surface area (Å²) < 4.78 is 0. The van der Waals surface area contributed by atoms with Crippen LogP contribution in [0.3, 0.4) is 0 Å². The van der Waals surface area contributed by atoms with E-state index in [9.17, 15) is 4.79 Å². The molecule has 2 aliphatic rings. The number of piperidine rings is 1. The van der Waals surface area contributed by atoms with Crippen LogP contribution in [0.15, 0.2) is 24.3 Å². The molecule has 154 valence electrons. The first kappa shape index (κ1) is 24.2. The number of carbonyl (C=O) groups is 1. The van der Waals surface area contributed by atoms with Crippen LogP contribution in [0.2, 0.25) is 0 Å². The average molecular weight is 416 g/mol. The molecule has 1 saturated heterocycles. The Kier molecular flexibility index (Phi) is 10.7. The van der Waals surface area contributed by atoms with E-state index in [1.165, 1.54) is 37.1 Å². The van der Waals surface area contributed by atoms with E-state index in [4.69, 9.17) is 5.73 Å². The third-order valence-corrected chi connectivity index (χ3v) is 5.72. The summed E-state index contributed by atoms with van der Waals surface area (Å²) in [4.78, 5) is 14.9. The molecule has 3 unspecified atom stereocenters. The van der Waals surface area contributed by atoms with Gasteiger partial charge in [0, 0.05) is 31.6 Å². The quantitative estimate of drug-likeness (QED) is 0.766. The molecule has 1 aromatic rings. The minimum atomic E-state index is 0. The van der Waals surface area contributed by atoms with E-state index in [1.54, 1.807) is 0 Å². The monoisotopic (exact) mass is 415 g/mol. The van der Waals surface area contributed by atoms with Gasteiger partial charge in [0.1, 0.15) is 0 Å². The van der Waals surface area contributed by atoms with Crippen LogP contribution in [-0.4, -0.2) is 29.9 Å². The number of nitrogens with two attached hydrogens (primary N) is 1. The van der Waals surface area contributed by atoms with E-state index in [2.05, 4.69) is 41.4 Å². The molecule has 6 heteroatoms. The number of likely N-dealkylation sites (tertiary alicyclic amines) is 1. The number of amides is 1. The lowest BCUT2D eigenvalue weighted by Crippen LogP contribution is -2.37. The second-order valence-corrected chi connectivity index (χ2v) is 8.14. The zero-order valence-electron chi connectivity index (χ0n) is 16.4. The van der Waals surface area contributed by atoms with Gasteiger partial charge in [-0.05, 0) is 55.7 Å². The molecule has 3 atom stereocenters. The third kappa shape index (κ3) is 7.61. The molecule has 3 rings (SSSR count). The Labute approximate surface area is 176 Å². The van der Waals surface area contributed by atoms with Gasteiger partial charge in [-0.3, -0.25) is 9.69 Å². The first-order chi connectivity index (χ1) is 12.1. The summed E-state index contributed by atoms with van der Waals surface area (Å²) in [5, 5.41) is 3.09. The standard InChI is InChI=1S/C21H33N3O.2ClH/c1-16-4-3-11-24(14-16)15-18-9-7-17(8-10-18)13-23-21(25)19-5-2-6-20(22)12-19;;/h7-10,16,19-20H,2-6,11-15,22H2,1H3,(H,23,25);2*1H. The minimum Gasteiger partial charge on any atom is -0.352 e. The summed E-state index contributed by atoms with van der Waals surface area (Å²) in [5.74, 6) is 1.08. The number of rotatable bonds is 5. The number of nitrogens with one attached hydrogen (secondary N) is 1. The van der Waals surface area contributed by atoms with Crippen molar-refractivity contribution in [1.29, 1.82) is 0 Å². The van der Waals surface area contributed by atoms with Crippen molar-refractivity contribution in [2.24, 2.45) is 17.6 Å². The Balaban J connectivity index is 0.00000182. The van der Waals surface area contributed by atoms with Crippen LogP contribution < -0.4 is 11.1 Å². The van der Waals surface area contributed by atoms with E-state index in [0.29, 0.717) is 6.54 Å². The van der Waals surface area contributed by atoms with Crippen LogP contribution in [0.25, 0.3) is 0 Å². The molecule has 3 N–H and O–H groups in total. The van der Waals surface area contributed by atoms with Crippen molar-refractivity contribution in [3.8, 4) is 0 Å². The van der Waals surface area contributed by atoms with Gasteiger partial charge in [0.2, 0.25) is 5.91 Å². The first-order valence-electron chi connectivity index (χ1n) is 9.93. The largest absolute Gasteiger partial charge is 0.352 e. The topological polar surface area (TPSA) is 58.4 Å².